The van der Waals surface area contributed by atoms with E-state index in [4.69, 9.17) is 23.2 Å². The van der Waals surface area contributed by atoms with Gasteiger partial charge in [0.15, 0.2) is 0 Å². The molecule has 2 aromatic carbocycles. The predicted molar refractivity (Wildman–Crippen MR) is 94.6 cm³/mol. The zero-order chi connectivity index (χ0) is 17.6. The summed E-state index contributed by atoms with van der Waals surface area (Å²) in [6.07, 6.45) is 0.0281. The van der Waals surface area contributed by atoms with Crippen LogP contribution in [-0.2, 0) is 21.4 Å². The highest BCUT2D eigenvalue weighted by Crippen LogP contribution is 2.15. The molecule has 0 aliphatic carbocycles. The van der Waals surface area contributed by atoms with Crippen LogP contribution in [0.5, 0.6) is 0 Å². The SMILES string of the molecule is O=C(CCNS(=O)(=O)c1cccc(Cl)c1)NCc1cccc(Cl)c1. The van der Waals surface area contributed by atoms with Gasteiger partial charge in [-0.25, -0.2) is 13.1 Å². The van der Waals surface area contributed by atoms with Crippen LogP contribution in [0.15, 0.2) is 53.4 Å². The molecule has 5 nitrogen and oxygen atoms in total. The van der Waals surface area contributed by atoms with Crippen LogP contribution in [0.2, 0.25) is 10.0 Å². The first-order valence-electron chi connectivity index (χ1n) is 7.13. The van der Waals surface area contributed by atoms with E-state index in [9.17, 15) is 13.2 Å². The predicted octanol–water partition coefficient (Wildman–Crippen LogP) is 2.98. The number of sulfonamides is 1. The van der Waals surface area contributed by atoms with E-state index in [-0.39, 0.29) is 23.8 Å². The van der Waals surface area contributed by atoms with Crippen LogP contribution in [0.3, 0.4) is 0 Å². The van der Waals surface area contributed by atoms with Gasteiger partial charge in [-0.2, -0.15) is 0 Å². The Kier molecular flexibility index (Phi) is 6.62. The monoisotopic (exact) mass is 386 g/mol. The Labute approximate surface area is 151 Å². The molecule has 128 valence electrons. The minimum atomic E-state index is -3.68. The van der Waals surface area contributed by atoms with Gasteiger partial charge in [0.2, 0.25) is 15.9 Å². The van der Waals surface area contributed by atoms with E-state index in [0.29, 0.717) is 16.6 Å². The van der Waals surface area contributed by atoms with Crippen molar-refractivity contribution in [1.29, 1.82) is 0 Å². The first-order chi connectivity index (χ1) is 11.4. The van der Waals surface area contributed by atoms with Crippen LogP contribution < -0.4 is 10.0 Å². The van der Waals surface area contributed by atoms with E-state index in [2.05, 4.69) is 10.0 Å². The van der Waals surface area contributed by atoms with Crippen molar-refractivity contribution < 1.29 is 13.2 Å². The molecule has 0 spiro atoms. The molecule has 0 aliphatic heterocycles. The molecule has 0 bridgehead atoms. The maximum Gasteiger partial charge on any atom is 0.240 e. The number of rotatable bonds is 7. The number of nitrogens with one attached hydrogen (secondary N) is 2. The topological polar surface area (TPSA) is 75.3 Å². The lowest BCUT2D eigenvalue weighted by Crippen LogP contribution is -2.30. The number of amides is 1. The van der Waals surface area contributed by atoms with Crippen molar-refractivity contribution in [3.05, 3.63) is 64.1 Å². The molecule has 2 N–H and O–H groups in total. The molecule has 0 aliphatic rings. The summed E-state index contributed by atoms with van der Waals surface area (Å²) in [5.41, 5.74) is 0.871. The Balaban J connectivity index is 1.80. The van der Waals surface area contributed by atoms with E-state index in [1.54, 1.807) is 30.3 Å². The molecule has 0 radical (unpaired) electrons. The second-order valence-corrected chi connectivity index (χ2v) is 7.65. The third-order valence-electron chi connectivity index (χ3n) is 3.13. The van der Waals surface area contributed by atoms with Crippen molar-refractivity contribution in [1.82, 2.24) is 10.0 Å². The molecule has 0 aromatic heterocycles. The quantitative estimate of drug-likeness (QED) is 0.767. The number of halogens is 2. The number of benzene rings is 2. The second-order valence-electron chi connectivity index (χ2n) is 5.01. The largest absolute Gasteiger partial charge is 0.352 e. The molecule has 2 rings (SSSR count). The highest BCUT2D eigenvalue weighted by atomic mass is 35.5. The standard InChI is InChI=1S/C16H16Cl2N2O3S/c17-13-4-1-3-12(9-13)11-19-16(21)7-8-20-24(22,23)15-6-2-5-14(18)10-15/h1-6,9-10,20H,7-8,11H2,(H,19,21). The highest BCUT2D eigenvalue weighted by Gasteiger charge is 2.14. The Morgan fingerprint density at radius 1 is 1.00 bits per heavy atom. The molecule has 2 aromatic rings. The van der Waals surface area contributed by atoms with Gasteiger partial charge < -0.3 is 5.32 Å². The molecule has 8 heteroatoms. The first kappa shape index (κ1) is 18.7. The fraction of sp³-hybridized carbons (Fsp3) is 0.188. The lowest BCUT2D eigenvalue weighted by molar-refractivity contribution is -0.121. The number of carbonyl (C=O) groups is 1. The highest BCUT2D eigenvalue weighted by molar-refractivity contribution is 7.89. The van der Waals surface area contributed by atoms with E-state index < -0.39 is 10.0 Å². The average Bonchev–Trinajstić information content (AvgIpc) is 2.53. The van der Waals surface area contributed by atoms with Crippen LogP contribution in [-0.4, -0.2) is 20.9 Å². The zero-order valence-corrected chi connectivity index (χ0v) is 15.0. The third-order valence-corrected chi connectivity index (χ3v) is 5.06. The maximum absolute atomic E-state index is 12.1. The van der Waals surface area contributed by atoms with Gasteiger partial charge in [0.25, 0.3) is 0 Å². The number of hydrogen-bond acceptors (Lipinski definition) is 3. The summed E-state index contributed by atoms with van der Waals surface area (Å²) in [6, 6.07) is 13.1. The van der Waals surface area contributed by atoms with E-state index in [1.165, 1.54) is 12.1 Å². The molecule has 1 amide bonds. The molecule has 0 fully saturated rings. The molecular formula is C16H16Cl2N2O3S. The minimum Gasteiger partial charge on any atom is -0.352 e. The van der Waals surface area contributed by atoms with Crippen molar-refractivity contribution in [2.24, 2.45) is 0 Å². The van der Waals surface area contributed by atoms with Gasteiger partial charge in [0.1, 0.15) is 0 Å². The Bertz CT molecular complexity index is 826. The molecule has 0 saturated carbocycles. The summed E-state index contributed by atoms with van der Waals surface area (Å²) in [6.45, 7) is 0.330. The summed E-state index contributed by atoms with van der Waals surface area (Å²) in [5.74, 6) is -0.260. The van der Waals surface area contributed by atoms with Crippen molar-refractivity contribution >= 4 is 39.1 Å². The van der Waals surface area contributed by atoms with E-state index in [0.717, 1.165) is 5.56 Å². The maximum atomic E-state index is 12.1. The Morgan fingerprint density at radius 3 is 2.33 bits per heavy atom. The fourth-order valence-electron chi connectivity index (χ4n) is 1.95. The summed E-state index contributed by atoms with van der Waals surface area (Å²) in [4.78, 5) is 11.8. The van der Waals surface area contributed by atoms with Crippen LogP contribution in [0.4, 0.5) is 0 Å². The van der Waals surface area contributed by atoms with E-state index >= 15 is 0 Å². The fourth-order valence-corrected chi connectivity index (χ4v) is 3.50. The normalized spacial score (nSPS) is 11.2. The summed E-state index contributed by atoms with van der Waals surface area (Å²) in [7, 11) is -3.68. The van der Waals surface area contributed by atoms with Crippen LogP contribution in [0.1, 0.15) is 12.0 Å². The number of carbonyl (C=O) groups excluding carboxylic acids is 1. The number of hydrogen-bond donors (Lipinski definition) is 2. The summed E-state index contributed by atoms with van der Waals surface area (Å²) < 4.78 is 26.5. The van der Waals surface area contributed by atoms with Gasteiger partial charge in [0.05, 0.1) is 4.90 Å². The van der Waals surface area contributed by atoms with Gasteiger partial charge in [0, 0.05) is 29.6 Å². The summed E-state index contributed by atoms with van der Waals surface area (Å²) >= 11 is 11.6. The van der Waals surface area contributed by atoms with Crippen LogP contribution in [0, 0.1) is 0 Å². The summed E-state index contributed by atoms with van der Waals surface area (Å²) in [5, 5.41) is 3.63. The molecule has 24 heavy (non-hydrogen) atoms. The van der Waals surface area contributed by atoms with Crippen LogP contribution >= 0.6 is 23.2 Å². The van der Waals surface area contributed by atoms with Crippen molar-refractivity contribution in [3.8, 4) is 0 Å². The zero-order valence-electron chi connectivity index (χ0n) is 12.6. The molecule has 0 saturated heterocycles. The van der Waals surface area contributed by atoms with Crippen molar-refractivity contribution in [3.63, 3.8) is 0 Å². The van der Waals surface area contributed by atoms with Gasteiger partial charge in [-0.3, -0.25) is 4.79 Å². The smallest absolute Gasteiger partial charge is 0.240 e. The molecule has 0 heterocycles. The van der Waals surface area contributed by atoms with E-state index in [1.807, 2.05) is 6.07 Å². The Morgan fingerprint density at radius 2 is 1.67 bits per heavy atom. The second kappa shape index (κ2) is 8.48. The molecular weight excluding hydrogens is 371 g/mol. The lowest BCUT2D eigenvalue weighted by atomic mass is 10.2. The Hall–Kier alpha value is -1.60. The van der Waals surface area contributed by atoms with Crippen molar-refractivity contribution in [2.75, 3.05) is 6.54 Å². The minimum absolute atomic E-state index is 0.00374. The molecule has 0 unspecified atom stereocenters. The molecule has 0 atom stereocenters. The first-order valence-corrected chi connectivity index (χ1v) is 9.37. The van der Waals surface area contributed by atoms with Gasteiger partial charge in [-0.15, -0.1) is 0 Å². The van der Waals surface area contributed by atoms with Crippen molar-refractivity contribution in [2.45, 2.75) is 17.9 Å². The average molecular weight is 387 g/mol. The van der Waals surface area contributed by atoms with Gasteiger partial charge in [-0.05, 0) is 35.9 Å². The van der Waals surface area contributed by atoms with Crippen LogP contribution in [0.25, 0.3) is 0 Å². The van der Waals surface area contributed by atoms with Gasteiger partial charge in [-0.1, -0.05) is 41.4 Å². The lowest BCUT2D eigenvalue weighted by Gasteiger charge is -2.08. The van der Waals surface area contributed by atoms with Gasteiger partial charge >= 0.3 is 0 Å². The third kappa shape index (κ3) is 5.79.